The molecule has 0 bridgehead atoms. The van der Waals surface area contributed by atoms with Gasteiger partial charge in [-0.1, -0.05) is 56.3 Å². The van der Waals surface area contributed by atoms with Crippen LogP contribution in [0.1, 0.15) is 78.9 Å². The van der Waals surface area contributed by atoms with Crippen LogP contribution in [-0.4, -0.2) is 51.4 Å². The minimum absolute atomic E-state index is 0.420. The van der Waals surface area contributed by atoms with Gasteiger partial charge in [0.15, 0.2) is 0 Å². The lowest BCUT2D eigenvalue weighted by atomic mass is 9.88. The van der Waals surface area contributed by atoms with E-state index in [0.29, 0.717) is 11.8 Å². The van der Waals surface area contributed by atoms with Crippen LogP contribution < -0.4 is 0 Å². The second kappa shape index (κ2) is 9.39. The zero-order chi connectivity index (χ0) is 22.1. The molecule has 0 aromatic heterocycles. The monoisotopic (exact) mass is 426 g/mol. The molecule has 2 aliphatic rings. The lowest BCUT2D eigenvalue weighted by molar-refractivity contribution is -0.231. The van der Waals surface area contributed by atoms with Crippen molar-refractivity contribution in [3.05, 3.63) is 70.3 Å². The zero-order valence-electron chi connectivity index (χ0n) is 18.3. The third-order valence-electron chi connectivity index (χ3n) is 6.96. The number of hydrogen-bond acceptors (Lipinski definition) is 5. The predicted octanol–water partition coefficient (Wildman–Crippen LogP) is 3.18. The minimum atomic E-state index is -1.37. The van der Waals surface area contributed by atoms with Crippen LogP contribution in [0.5, 0.6) is 0 Å². The quantitative estimate of drug-likeness (QED) is 0.546. The van der Waals surface area contributed by atoms with E-state index in [0.717, 1.165) is 18.4 Å². The Bertz CT molecular complexity index is 874. The Morgan fingerprint density at radius 2 is 1.68 bits per heavy atom. The number of hydrogen-bond donors (Lipinski definition) is 4. The number of aliphatic hydroxyl groups excluding tert-OH is 4. The fraction of sp³-hybridized carbons (Fsp3) is 0.538. The molecule has 0 spiro atoms. The molecule has 2 aromatic rings. The highest BCUT2D eigenvalue weighted by Crippen LogP contribution is 2.43. The summed E-state index contributed by atoms with van der Waals surface area (Å²) in [7, 11) is 0. The largest absolute Gasteiger partial charge is 0.394 e. The first-order valence-electron chi connectivity index (χ1n) is 11.4. The molecule has 1 unspecified atom stereocenters. The van der Waals surface area contributed by atoms with Gasteiger partial charge in [0, 0.05) is 0 Å². The normalized spacial score (nSPS) is 29.7. The Balaban J connectivity index is 1.61. The van der Waals surface area contributed by atoms with E-state index in [1.807, 2.05) is 6.07 Å². The smallest absolute Gasteiger partial charge is 0.113 e. The molecule has 4 rings (SSSR count). The minimum Gasteiger partial charge on any atom is -0.394 e. The maximum absolute atomic E-state index is 10.5. The Hall–Kier alpha value is -1.76. The molecule has 5 nitrogen and oxygen atoms in total. The van der Waals surface area contributed by atoms with Crippen LogP contribution in [0.4, 0.5) is 0 Å². The van der Waals surface area contributed by atoms with Gasteiger partial charge in [0.05, 0.1) is 6.61 Å². The summed E-state index contributed by atoms with van der Waals surface area (Å²) in [5, 5.41) is 40.3. The lowest BCUT2D eigenvalue weighted by Gasteiger charge is -2.40. The molecule has 1 saturated heterocycles. The molecule has 1 aliphatic heterocycles. The molecule has 4 N–H and O–H groups in total. The molecule has 5 heteroatoms. The van der Waals surface area contributed by atoms with Crippen molar-refractivity contribution in [3.8, 4) is 0 Å². The third kappa shape index (κ3) is 4.71. The first kappa shape index (κ1) is 22.4. The van der Waals surface area contributed by atoms with Crippen LogP contribution >= 0.6 is 0 Å². The van der Waals surface area contributed by atoms with Gasteiger partial charge in [-0.3, -0.25) is 0 Å². The highest BCUT2D eigenvalue weighted by Gasteiger charge is 2.44. The van der Waals surface area contributed by atoms with Crippen LogP contribution in [0.2, 0.25) is 0 Å². The second-order valence-corrected chi connectivity index (χ2v) is 9.21. The summed E-state index contributed by atoms with van der Waals surface area (Å²) in [6.07, 6.45) is -1.37. The summed E-state index contributed by atoms with van der Waals surface area (Å²) in [6, 6.07) is 14.9. The van der Waals surface area contributed by atoms with E-state index in [4.69, 9.17) is 4.74 Å². The fourth-order valence-corrected chi connectivity index (χ4v) is 4.55. The van der Waals surface area contributed by atoms with Crippen molar-refractivity contribution < 1.29 is 25.2 Å². The number of ether oxygens (including phenoxy) is 1. The number of rotatable bonds is 7. The first-order chi connectivity index (χ1) is 14.9. The van der Waals surface area contributed by atoms with Crippen LogP contribution in [0.15, 0.2) is 42.5 Å². The van der Waals surface area contributed by atoms with Crippen molar-refractivity contribution in [1.82, 2.24) is 0 Å². The first-order valence-corrected chi connectivity index (χ1v) is 11.4. The summed E-state index contributed by atoms with van der Waals surface area (Å²) < 4.78 is 5.78. The molecule has 31 heavy (non-hydrogen) atoms. The SMILES string of the molecule is CCC(C)c1ccc(Cc2cc([C@@H]3O[C@H](CO)[C@@H](O)[C@H](O)[C@H]3O)ccc2C2CC2)cc1. The molecular formula is C26H34O5. The summed E-state index contributed by atoms with van der Waals surface area (Å²) in [4.78, 5) is 0. The van der Waals surface area contributed by atoms with E-state index in [-0.39, 0.29) is 0 Å². The molecule has 0 amide bonds. The molecule has 0 radical (unpaired) electrons. The average molecular weight is 427 g/mol. The van der Waals surface area contributed by atoms with E-state index in [2.05, 4.69) is 50.2 Å². The Morgan fingerprint density at radius 3 is 2.29 bits per heavy atom. The van der Waals surface area contributed by atoms with E-state index >= 15 is 0 Å². The molecular weight excluding hydrogens is 392 g/mol. The molecule has 1 heterocycles. The maximum Gasteiger partial charge on any atom is 0.113 e. The fourth-order valence-electron chi connectivity index (χ4n) is 4.55. The standard InChI is InChI=1S/C26H34O5/c1-3-15(2)17-6-4-16(5-7-17)12-20-13-19(10-11-21(20)18-8-9-18)26-25(30)24(29)23(28)22(14-27)31-26/h4-7,10-11,13,15,18,22-30H,3,8-9,12,14H2,1-2H3/t15?,22-,23-,24+,25-,26+/m1/s1. The van der Waals surface area contributed by atoms with Gasteiger partial charge in [-0.25, -0.2) is 0 Å². The number of aliphatic hydroxyl groups is 4. The zero-order valence-corrected chi connectivity index (χ0v) is 18.3. The summed E-state index contributed by atoms with van der Waals surface area (Å²) >= 11 is 0. The van der Waals surface area contributed by atoms with Crippen molar-refractivity contribution in [3.63, 3.8) is 0 Å². The topological polar surface area (TPSA) is 90.2 Å². The van der Waals surface area contributed by atoms with Crippen molar-refractivity contribution in [2.45, 2.75) is 81.9 Å². The van der Waals surface area contributed by atoms with Gasteiger partial charge in [-0.15, -0.1) is 0 Å². The van der Waals surface area contributed by atoms with Crippen molar-refractivity contribution in [2.75, 3.05) is 6.61 Å². The van der Waals surface area contributed by atoms with Crippen LogP contribution in [0.25, 0.3) is 0 Å². The van der Waals surface area contributed by atoms with E-state index in [1.165, 1.54) is 35.1 Å². The molecule has 1 saturated carbocycles. The molecule has 1 aliphatic carbocycles. The van der Waals surface area contributed by atoms with Crippen LogP contribution in [0, 0.1) is 0 Å². The highest BCUT2D eigenvalue weighted by molar-refractivity contribution is 5.41. The third-order valence-corrected chi connectivity index (χ3v) is 6.96. The van der Waals surface area contributed by atoms with Gasteiger partial charge in [0.2, 0.25) is 0 Å². The van der Waals surface area contributed by atoms with E-state index in [1.54, 1.807) is 0 Å². The predicted molar refractivity (Wildman–Crippen MR) is 119 cm³/mol. The van der Waals surface area contributed by atoms with Crippen molar-refractivity contribution in [2.24, 2.45) is 0 Å². The molecule has 2 aromatic carbocycles. The summed E-state index contributed by atoms with van der Waals surface area (Å²) in [5.41, 5.74) is 5.88. The summed E-state index contributed by atoms with van der Waals surface area (Å²) in [5.74, 6) is 1.13. The Morgan fingerprint density at radius 1 is 0.968 bits per heavy atom. The van der Waals surface area contributed by atoms with Crippen LogP contribution in [-0.2, 0) is 11.2 Å². The van der Waals surface area contributed by atoms with Gasteiger partial charge in [0.1, 0.15) is 30.5 Å². The van der Waals surface area contributed by atoms with E-state index < -0.39 is 37.1 Å². The molecule has 2 fully saturated rings. The summed E-state index contributed by atoms with van der Waals surface area (Å²) in [6.45, 7) is 4.02. The van der Waals surface area contributed by atoms with Gasteiger partial charge >= 0.3 is 0 Å². The average Bonchev–Trinajstić information content (AvgIpc) is 3.63. The Kier molecular flexibility index (Phi) is 6.80. The van der Waals surface area contributed by atoms with Gasteiger partial charge < -0.3 is 25.2 Å². The van der Waals surface area contributed by atoms with Gasteiger partial charge in [0.25, 0.3) is 0 Å². The van der Waals surface area contributed by atoms with Crippen molar-refractivity contribution >= 4 is 0 Å². The highest BCUT2D eigenvalue weighted by atomic mass is 16.5. The van der Waals surface area contributed by atoms with Crippen LogP contribution in [0.3, 0.4) is 0 Å². The molecule has 168 valence electrons. The molecule has 6 atom stereocenters. The number of benzene rings is 2. The van der Waals surface area contributed by atoms with Gasteiger partial charge in [-0.2, -0.15) is 0 Å². The lowest BCUT2D eigenvalue weighted by Crippen LogP contribution is -2.55. The van der Waals surface area contributed by atoms with Gasteiger partial charge in [-0.05, 0) is 65.3 Å². The van der Waals surface area contributed by atoms with E-state index in [9.17, 15) is 20.4 Å². The maximum atomic E-state index is 10.5. The van der Waals surface area contributed by atoms with Crippen molar-refractivity contribution in [1.29, 1.82) is 0 Å². The Labute approximate surface area is 184 Å². The second-order valence-electron chi connectivity index (χ2n) is 9.21.